The summed E-state index contributed by atoms with van der Waals surface area (Å²) in [6, 6.07) is 126. The first-order valence-corrected chi connectivity index (χ1v) is 43.6. The van der Waals surface area contributed by atoms with Crippen molar-refractivity contribution in [1.82, 2.24) is 9.13 Å². The predicted octanol–water partition coefficient (Wildman–Crippen LogP) is 30.4. The Morgan fingerprint density at radius 3 is 0.934 bits per heavy atom. The zero-order valence-electron chi connectivity index (χ0n) is 73.5. The molecule has 0 amide bonds. The molecule has 0 aliphatic carbocycles. The van der Waals surface area contributed by atoms with E-state index in [2.05, 4.69) is 465 Å². The summed E-state index contributed by atoms with van der Waals surface area (Å²) in [6.07, 6.45) is 0. The highest BCUT2D eigenvalue weighted by molar-refractivity contribution is 7.00. The molecule has 2 aliphatic heterocycles. The number of hydrogen-bond acceptors (Lipinski definition) is 2. The average Bonchev–Trinajstić information content (AvgIpc) is 1.12. The zero-order valence-corrected chi connectivity index (χ0v) is 73.5. The lowest BCUT2D eigenvalue weighted by molar-refractivity contribution is 0.590. The minimum absolute atomic E-state index is 0.0670. The summed E-state index contributed by atoms with van der Waals surface area (Å²) in [4.78, 5) is 5.48. The van der Waals surface area contributed by atoms with Gasteiger partial charge in [0.15, 0.2) is 0 Å². The minimum Gasteiger partial charge on any atom is -0.310 e. The van der Waals surface area contributed by atoms with Crippen LogP contribution in [-0.2, 0) is 32.5 Å². The summed E-state index contributed by atoms with van der Waals surface area (Å²) in [5, 5.41) is 9.93. The summed E-state index contributed by atoms with van der Waals surface area (Å²) >= 11 is 0. The molecule has 16 aromatic carbocycles. The fraction of sp³-hybridized carbons (Fsp3) is 0.207. The molecule has 0 radical (unpaired) electrons. The number of nitrogens with zero attached hydrogens (tertiary/aromatic N) is 4. The Morgan fingerprint density at radius 1 is 0.207 bits per heavy atom. The Hall–Kier alpha value is -12.7. The highest BCUT2D eigenvalue weighted by Crippen LogP contribution is 2.56. The number of para-hydroxylation sites is 2. The van der Waals surface area contributed by atoms with Crippen LogP contribution in [0, 0.1) is 0 Å². The van der Waals surface area contributed by atoms with Gasteiger partial charge in [0, 0.05) is 77.9 Å². The molecule has 0 saturated carbocycles. The lowest BCUT2D eigenvalue weighted by Gasteiger charge is -2.46. The standard InChI is InChI=1S/C116H107BN4/c1-111(2,3)80-46-41-75(42-47-80)91-36-27-37-92(76-43-48-81(49-44-76)112(4,5)6)109(91)120-104-70-86(118-100-59-50-82(113(7,8)9)66-94(100)95-67-83(114(10,11)12)51-60-101(95)118)54-57-98(104)117-99-58-55-87(119-102-61-52-84(115(13,14)15)68-96(102)97-69-85(116(16,17)18)53-62-103(97)119)71-105(99)121(107-65-79(64-106(120)108(107)117)72-29-21-19-22-30-72)110-90(73-31-23-20-24-32-73)35-28-38-93(110)78-45-56-89-77(63-78)40-39-74-33-25-26-34-88(74)89/h19-71H,1-18H3. The largest absolute Gasteiger partial charge is 0.310 e. The normalized spacial score (nSPS) is 13.3. The van der Waals surface area contributed by atoms with Gasteiger partial charge in [0.05, 0.1) is 33.4 Å². The van der Waals surface area contributed by atoms with Crippen molar-refractivity contribution >= 4 is 122 Å². The van der Waals surface area contributed by atoms with E-state index < -0.39 is 0 Å². The molecule has 4 heterocycles. The maximum Gasteiger partial charge on any atom is 0.252 e. The zero-order chi connectivity index (χ0) is 83.9. The van der Waals surface area contributed by atoms with Crippen LogP contribution in [0.2, 0.25) is 0 Å². The van der Waals surface area contributed by atoms with Gasteiger partial charge in [0.2, 0.25) is 0 Å². The Bertz CT molecular complexity index is 7010. The Labute approximate surface area is 715 Å². The van der Waals surface area contributed by atoms with Gasteiger partial charge in [-0.25, -0.2) is 0 Å². The number of fused-ring (bicyclic) bond motifs is 13. The first-order chi connectivity index (χ1) is 57.8. The van der Waals surface area contributed by atoms with Crippen LogP contribution in [0.1, 0.15) is 158 Å². The van der Waals surface area contributed by atoms with E-state index in [0.29, 0.717) is 0 Å². The van der Waals surface area contributed by atoms with Gasteiger partial charge in [-0.2, -0.15) is 0 Å². The van der Waals surface area contributed by atoms with Gasteiger partial charge in [-0.1, -0.05) is 355 Å². The number of anilines is 6. The molecule has 0 unspecified atom stereocenters. The van der Waals surface area contributed by atoms with Crippen molar-refractivity contribution in [1.29, 1.82) is 0 Å². The van der Waals surface area contributed by atoms with Crippen LogP contribution in [-0.4, -0.2) is 15.8 Å². The molecule has 594 valence electrons. The van der Waals surface area contributed by atoms with Crippen LogP contribution in [0.15, 0.2) is 322 Å². The molecule has 0 N–H and O–H groups in total. The highest BCUT2D eigenvalue weighted by atomic mass is 15.2. The van der Waals surface area contributed by atoms with Crippen molar-refractivity contribution in [2.45, 2.75) is 157 Å². The van der Waals surface area contributed by atoms with Gasteiger partial charge >= 0.3 is 0 Å². The molecule has 2 aliphatic rings. The molecule has 0 saturated heterocycles. The molecule has 18 aromatic rings. The highest BCUT2D eigenvalue weighted by Gasteiger charge is 2.46. The SMILES string of the molecule is CC(C)(C)c1ccc(-c2cccc(-c3ccc(C(C)(C)C)cc3)c2N2c3cc(-n4c5ccc(C(C)(C)C)cc5c5cc(C(C)(C)C)ccc54)ccc3B3c4ccc(-n5c6ccc(C(C)(C)C)cc6c6cc(C(C)(C)C)ccc65)cc4N(c4c(-c5ccccc5)cccc4-c4ccc5c(ccc6ccccc65)c4)c4cc(-c5ccccc5)cc2c43)cc1. The monoisotopic (exact) mass is 1570 g/mol. The Morgan fingerprint density at radius 2 is 0.537 bits per heavy atom. The van der Waals surface area contributed by atoms with Crippen molar-refractivity contribution in [3.05, 3.63) is 355 Å². The molecule has 2 aromatic heterocycles. The summed E-state index contributed by atoms with van der Waals surface area (Å²) in [6.45, 7) is 41.7. The molecule has 0 spiro atoms. The fourth-order valence-electron chi connectivity index (χ4n) is 19.6. The van der Waals surface area contributed by atoms with Crippen LogP contribution in [0.5, 0.6) is 0 Å². The maximum absolute atomic E-state index is 2.74. The van der Waals surface area contributed by atoms with Crippen LogP contribution in [0.3, 0.4) is 0 Å². The van der Waals surface area contributed by atoms with Gasteiger partial charge in [-0.3, -0.25) is 0 Å². The van der Waals surface area contributed by atoms with Crippen molar-refractivity contribution in [3.8, 4) is 67.0 Å². The predicted molar refractivity (Wildman–Crippen MR) is 524 cm³/mol. The van der Waals surface area contributed by atoms with E-state index in [1.165, 1.54) is 115 Å². The number of rotatable bonds is 9. The van der Waals surface area contributed by atoms with E-state index >= 15 is 0 Å². The van der Waals surface area contributed by atoms with E-state index in [4.69, 9.17) is 0 Å². The van der Waals surface area contributed by atoms with Crippen molar-refractivity contribution in [2.24, 2.45) is 0 Å². The summed E-state index contributed by atoms with van der Waals surface area (Å²) in [5.74, 6) is 0. The third-order valence-electron chi connectivity index (χ3n) is 26.4. The maximum atomic E-state index is 2.74. The van der Waals surface area contributed by atoms with Gasteiger partial charge in [0.25, 0.3) is 6.71 Å². The Kier molecular flexibility index (Phi) is 17.8. The molecule has 5 heteroatoms. The molecule has 121 heavy (non-hydrogen) atoms. The first-order valence-electron chi connectivity index (χ1n) is 43.6. The second kappa shape index (κ2) is 27.9. The summed E-state index contributed by atoms with van der Waals surface area (Å²) < 4.78 is 5.15. The van der Waals surface area contributed by atoms with E-state index in [0.717, 1.165) is 101 Å². The topological polar surface area (TPSA) is 16.3 Å². The fourth-order valence-corrected chi connectivity index (χ4v) is 19.6. The Balaban J connectivity index is 0.958. The van der Waals surface area contributed by atoms with E-state index in [9.17, 15) is 0 Å². The molecular weight excluding hydrogens is 1460 g/mol. The number of hydrogen-bond donors (Lipinski definition) is 0. The van der Waals surface area contributed by atoms with Gasteiger partial charge < -0.3 is 18.9 Å². The lowest BCUT2D eigenvalue weighted by atomic mass is 9.33. The first kappa shape index (κ1) is 76.9. The second-order valence-electron chi connectivity index (χ2n) is 40.6. The van der Waals surface area contributed by atoms with Crippen LogP contribution >= 0.6 is 0 Å². The molecule has 0 bridgehead atoms. The molecule has 0 fully saturated rings. The van der Waals surface area contributed by atoms with Gasteiger partial charge in [0.1, 0.15) is 0 Å². The smallest absolute Gasteiger partial charge is 0.252 e. The summed E-state index contributed by atoms with van der Waals surface area (Å²) in [7, 11) is 0. The van der Waals surface area contributed by atoms with Crippen LogP contribution in [0.25, 0.3) is 132 Å². The van der Waals surface area contributed by atoms with E-state index in [-0.39, 0.29) is 39.2 Å². The third kappa shape index (κ3) is 13.0. The molecule has 0 atom stereocenters. The van der Waals surface area contributed by atoms with E-state index in [1.54, 1.807) is 0 Å². The van der Waals surface area contributed by atoms with Crippen molar-refractivity contribution in [2.75, 3.05) is 9.80 Å². The lowest BCUT2D eigenvalue weighted by Crippen LogP contribution is -2.61. The van der Waals surface area contributed by atoms with Crippen molar-refractivity contribution < 1.29 is 0 Å². The second-order valence-corrected chi connectivity index (χ2v) is 40.6. The van der Waals surface area contributed by atoms with Gasteiger partial charge in [-0.15, -0.1) is 0 Å². The average molecular weight is 1570 g/mol. The van der Waals surface area contributed by atoms with Crippen LogP contribution < -0.4 is 26.2 Å². The summed E-state index contributed by atoms with van der Waals surface area (Å²) in [5.41, 5.74) is 36.0. The van der Waals surface area contributed by atoms with Crippen molar-refractivity contribution in [3.63, 3.8) is 0 Å². The van der Waals surface area contributed by atoms with Gasteiger partial charge in [-0.05, 0) is 228 Å². The number of benzene rings is 16. The van der Waals surface area contributed by atoms with Crippen LogP contribution in [0.4, 0.5) is 34.1 Å². The quantitative estimate of drug-likeness (QED) is 0.106. The third-order valence-corrected chi connectivity index (χ3v) is 26.4. The molecule has 4 nitrogen and oxygen atoms in total. The number of aromatic nitrogens is 2. The van der Waals surface area contributed by atoms with E-state index in [1.807, 2.05) is 0 Å². The minimum atomic E-state index is -0.298. The molecule has 20 rings (SSSR count). The molecular formula is C116H107BN4.